The Kier molecular flexibility index (Phi) is 42.8. The largest absolute Gasteiger partial charge is 0.508 e. The van der Waals surface area contributed by atoms with E-state index in [4.69, 9.17) is 37.9 Å². The minimum atomic E-state index is -0.364. The first-order chi connectivity index (χ1) is 46.5. The second-order valence-electron chi connectivity index (χ2n) is 26.9. The third-order valence-corrected chi connectivity index (χ3v) is 18.2. The molecule has 4 N–H and O–H groups in total. The first-order valence-electron chi connectivity index (χ1n) is 36.3. The van der Waals surface area contributed by atoms with Crippen LogP contribution in [0.2, 0.25) is 0 Å². The van der Waals surface area contributed by atoms with E-state index >= 15 is 0 Å². The number of hydrogen-bond donors (Lipinski definition) is 4. The fraction of sp³-hybridized carbons (Fsp3) is 0.692. The lowest BCUT2D eigenvalue weighted by Gasteiger charge is -2.28. The van der Waals surface area contributed by atoms with Crippen LogP contribution in [0.1, 0.15) is 224 Å². The molecule has 11 unspecified atom stereocenters. The third kappa shape index (κ3) is 34.3. The van der Waals surface area contributed by atoms with Crippen molar-refractivity contribution in [2.24, 2.45) is 59.2 Å². The zero-order valence-electron chi connectivity index (χ0n) is 61.7. The fourth-order valence-electron chi connectivity index (χ4n) is 12.1. The highest BCUT2D eigenvalue weighted by Crippen LogP contribution is 2.31. The number of carbonyl (C=O) groups excluding carboxylic acids is 8. The second-order valence-corrected chi connectivity index (χ2v) is 26.9. The normalized spacial score (nSPS) is 19.2. The van der Waals surface area contributed by atoms with E-state index in [1.165, 1.54) is 0 Å². The van der Waals surface area contributed by atoms with Crippen LogP contribution in [-0.2, 0) is 89.1 Å². The van der Waals surface area contributed by atoms with Gasteiger partial charge in [-0.15, -0.1) is 0 Å². The summed E-state index contributed by atoms with van der Waals surface area (Å²) >= 11 is 0. The molecule has 3 aromatic carbocycles. The minimum absolute atomic E-state index is 0.122. The van der Waals surface area contributed by atoms with Crippen molar-refractivity contribution in [3.63, 3.8) is 0 Å². The average Bonchev–Trinajstić information content (AvgIpc) is 0.834. The molecule has 0 bridgehead atoms. The van der Waals surface area contributed by atoms with Gasteiger partial charge < -0.3 is 58.3 Å². The second kappa shape index (κ2) is 48.1. The summed E-state index contributed by atoms with van der Waals surface area (Å²) in [6.45, 7) is 29.4. The molecule has 0 radical (unpaired) electrons. The highest BCUT2D eigenvalue weighted by Gasteiger charge is 2.31. The number of hydrogen-bond acceptors (Lipinski definition) is 20. The first kappa shape index (κ1) is 87.3. The van der Waals surface area contributed by atoms with Gasteiger partial charge in [-0.3, -0.25) is 38.4 Å². The van der Waals surface area contributed by atoms with Crippen molar-refractivity contribution in [3.8, 4) is 11.5 Å². The van der Waals surface area contributed by atoms with Crippen LogP contribution in [0, 0.1) is 59.2 Å². The van der Waals surface area contributed by atoms with Gasteiger partial charge in [-0.1, -0.05) is 91.8 Å². The van der Waals surface area contributed by atoms with Crippen molar-refractivity contribution in [3.05, 3.63) is 71.8 Å². The Hall–Kier alpha value is -6.80. The summed E-state index contributed by atoms with van der Waals surface area (Å²) in [6.07, 6.45) is 12.5. The summed E-state index contributed by atoms with van der Waals surface area (Å²) < 4.78 is 42.2. The van der Waals surface area contributed by atoms with Gasteiger partial charge in [-0.05, 0) is 216 Å². The molecule has 2 aliphatic rings. The molecule has 20 heteroatoms. The molecule has 20 nitrogen and oxygen atoms in total. The zero-order chi connectivity index (χ0) is 73.4. The average molecular weight is 1380 g/mol. The lowest BCUT2D eigenvalue weighted by Crippen LogP contribution is -2.28. The van der Waals surface area contributed by atoms with Crippen LogP contribution in [0.15, 0.2) is 60.7 Å². The lowest BCUT2D eigenvalue weighted by atomic mass is 9.84. The molecule has 98 heavy (non-hydrogen) atoms. The number of phenolic OH excluding ortho intramolecular Hbond substituents is 2. The van der Waals surface area contributed by atoms with Gasteiger partial charge in [-0.25, -0.2) is 0 Å². The topological polar surface area (TPSA) is 291 Å². The Morgan fingerprint density at radius 1 is 0.367 bits per heavy atom. The SMILES string of the molecule is CCOC(=O)C(CC)CC(C)C(=O)OC(C)CC1CCC(O)CC1.CCOC(=O)C(CC)CC(C)C(=O)OC(C)Cc1ccc(O)cc1.CCOC(=O)C(CC)CC(C)C(=O)OC(C)Cc1ccc2cc(O)ccc2c1.CCOC(=O)C(CC)CC(C)C(=O)OCC1CCC(O)CC1. The fourth-order valence-corrected chi connectivity index (χ4v) is 12.1. The number of aliphatic hydroxyl groups is 2. The van der Waals surface area contributed by atoms with Crippen molar-refractivity contribution >= 4 is 58.5 Å². The predicted octanol–water partition coefficient (Wildman–Crippen LogP) is 14.3. The van der Waals surface area contributed by atoms with Gasteiger partial charge in [0.2, 0.25) is 0 Å². The van der Waals surface area contributed by atoms with E-state index in [0.29, 0.717) is 109 Å². The van der Waals surface area contributed by atoms with E-state index in [1.54, 1.807) is 84.9 Å². The summed E-state index contributed by atoms with van der Waals surface area (Å²) in [6, 6.07) is 18.0. The number of rotatable bonds is 35. The van der Waals surface area contributed by atoms with Crippen LogP contribution in [0.5, 0.6) is 11.5 Å². The van der Waals surface area contributed by atoms with E-state index in [1.807, 2.05) is 79.7 Å². The summed E-state index contributed by atoms with van der Waals surface area (Å²) in [5, 5.41) is 39.8. The number of fused-ring (bicyclic) bond motifs is 1. The van der Waals surface area contributed by atoms with Gasteiger partial charge in [0.05, 0.1) is 98.7 Å². The van der Waals surface area contributed by atoms with Gasteiger partial charge >= 0.3 is 47.8 Å². The number of carbonyl (C=O) groups is 8. The van der Waals surface area contributed by atoms with Crippen LogP contribution in [0.4, 0.5) is 0 Å². The lowest BCUT2D eigenvalue weighted by molar-refractivity contribution is -0.157. The van der Waals surface area contributed by atoms with Crippen LogP contribution in [0.3, 0.4) is 0 Å². The number of esters is 8. The Labute approximate surface area is 584 Å². The predicted molar refractivity (Wildman–Crippen MR) is 376 cm³/mol. The number of aliphatic hydroxyl groups excluding tert-OH is 2. The Balaban J connectivity index is 0.000000446. The summed E-state index contributed by atoms with van der Waals surface area (Å²) in [7, 11) is 0. The molecule has 3 aromatic rings. The molecule has 2 saturated carbocycles. The molecule has 0 amide bonds. The molecule has 0 saturated heterocycles. The number of ether oxygens (including phenoxy) is 8. The van der Waals surface area contributed by atoms with Crippen molar-refractivity contribution in [1.82, 2.24) is 0 Å². The molecular weight excluding hydrogens is 1260 g/mol. The van der Waals surface area contributed by atoms with E-state index in [0.717, 1.165) is 79.7 Å². The smallest absolute Gasteiger partial charge is 0.308 e. The molecule has 0 heterocycles. The molecule has 0 aromatic heterocycles. The third-order valence-electron chi connectivity index (χ3n) is 18.2. The standard InChI is InChI=1S/C23H30O5.C19H34O5.C19H28O5.C17H30O5/c1-5-18(23(26)27-6-2)11-15(3)22(25)28-16(4)12-17-7-8-20-14-21(24)10-9-19(20)13-17;2*1-5-16(19(22)23-6-2)11-13(3)18(21)24-14(4)12-15-7-9-17(20)10-8-15;1-4-14(17(20)21-5-2)10-12(3)16(19)22-11-13-6-8-15(18)9-7-13/h7-10,13-16,18,24H,5-6,11-12H2,1-4H3;13-17,20H,5-12H2,1-4H3;7-10,13-14,16,20H,5-6,11-12H2,1-4H3;12-15,18H,4-11H2,1-3H3. The van der Waals surface area contributed by atoms with Crippen LogP contribution in [-0.4, -0.2) is 132 Å². The van der Waals surface area contributed by atoms with Crippen molar-refractivity contribution in [2.45, 2.75) is 256 Å². The number of phenols is 2. The molecule has 11 atom stereocenters. The van der Waals surface area contributed by atoms with Crippen molar-refractivity contribution < 1.29 is 96.7 Å². The highest BCUT2D eigenvalue weighted by atomic mass is 16.6. The first-order valence-corrected chi connectivity index (χ1v) is 36.3. The van der Waals surface area contributed by atoms with Gasteiger partial charge in [0.25, 0.3) is 0 Å². The van der Waals surface area contributed by atoms with Gasteiger partial charge in [-0.2, -0.15) is 0 Å². The van der Waals surface area contributed by atoms with Crippen LogP contribution >= 0.6 is 0 Å². The zero-order valence-corrected chi connectivity index (χ0v) is 61.7. The maximum atomic E-state index is 12.4. The summed E-state index contributed by atoms with van der Waals surface area (Å²) in [5.41, 5.74) is 2.04. The van der Waals surface area contributed by atoms with Gasteiger partial charge in [0, 0.05) is 12.8 Å². The quantitative estimate of drug-likeness (QED) is 0.0314. The van der Waals surface area contributed by atoms with E-state index < -0.39 is 0 Å². The Bertz CT molecular complexity index is 2800. The monoisotopic (exact) mass is 1380 g/mol. The Morgan fingerprint density at radius 3 is 1.06 bits per heavy atom. The molecule has 2 aliphatic carbocycles. The number of benzene rings is 3. The molecular formula is C78H122O20. The van der Waals surface area contributed by atoms with Crippen LogP contribution < -0.4 is 0 Å². The molecule has 0 aliphatic heterocycles. The molecule has 5 rings (SSSR count). The molecule has 2 fully saturated rings. The summed E-state index contributed by atoms with van der Waals surface area (Å²) in [4.78, 5) is 96.3. The summed E-state index contributed by atoms with van der Waals surface area (Å²) in [5.74, 6) is -3.09. The van der Waals surface area contributed by atoms with E-state index in [2.05, 4.69) is 0 Å². The Morgan fingerprint density at radius 2 is 0.684 bits per heavy atom. The molecule has 554 valence electrons. The van der Waals surface area contributed by atoms with Crippen molar-refractivity contribution in [2.75, 3.05) is 33.0 Å². The van der Waals surface area contributed by atoms with E-state index in [9.17, 15) is 58.8 Å². The number of aromatic hydroxyl groups is 2. The van der Waals surface area contributed by atoms with Gasteiger partial charge in [0.1, 0.15) is 23.7 Å². The maximum absolute atomic E-state index is 12.4. The van der Waals surface area contributed by atoms with E-state index in [-0.39, 0.29) is 137 Å². The minimum Gasteiger partial charge on any atom is -0.508 e. The van der Waals surface area contributed by atoms with Crippen LogP contribution in [0.25, 0.3) is 10.8 Å². The highest BCUT2D eigenvalue weighted by molar-refractivity contribution is 5.84. The van der Waals surface area contributed by atoms with Crippen molar-refractivity contribution in [1.29, 1.82) is 0 Å². The van der Waals surface area contributed by atoms with Gasteiger partial charge in [0.15, 0.2) is 0 Å². The molecule has 0 spiro atoms. The maximum Gasteiger partial charge on any atom is 0.308 e.